The molecule has 2 N–H and O–H groups in total. The van der Waals surface area contributed by atoms with Crippen LogP contribution in [0, 0.1) is 0 Å². The van der Waals surface area contributed by atoms with E-state index in [1.54, 1.807) is 7.05 Å². The Morgan fingerprint density at radius 3 is 2.78 bits per heavy atom. The lowest BCUT2D eigenvalue weighted by molar-refractivity contribution is -0.115. The van der Waals surface area contributed by atoms with Gasteiger partial charge in [-0.2, -0.15) is 8.78 Å². The second-order valence-corrected chi connectivity index (χ2v) is 4.51. The van der Waals surface area contributed by atoms with Crippen molar-refractivity contribution in [2.75, 3.05) is 18.9 Å². The minimum Gasteiger partial charge on any atom is -0.431 e. The summed E-state index contributed by atoms with van der Waals surface area (Å²) in [7, 11) is 1.59. The second kappa shape index (κ2) is 6.86. The van der Waals surface area contributed by atoms with Gasteiger partial charge in [-0.15, -0.1) is 0 Å². The van der Waals surface area contributed by atoms with Gasteiger partial charge in [-0.1, -0.05) is 11.6 Å². The van der Waals surface area contributed by atoms with Crippen molar-refractivity contribution in [2.45, 2.75) is 6.61 Å². The van der Waals surface area contributed by atoms with Crippen molar-refractivity contribution in [1.29, 1.82) is 0 Å². The number of halogens is 4. The summed E-state index contributed by atoms with van der Waals surface area (Å²) in [4.78, 5) is 11.4. The van der Waals surface area contributed by atoms with Crippen LogP contribution in [0.1, 0.15) is 0 Å². The largest absolute Gasteiger partial charge is 0.431 e. The van der Waals surface area contributed by atoms with E-state index in [9.17, 15) is 13.6 Å². The molecule has 1 amide bonds. The van der Waals surface area contributed by atoms with Crippen LogP contribution in [-0.4, -0.2) is 26.1 Å². The number of anilines is 1. The fourth-order valence-corrected chi connectivity index (χ4v) is 2.12. The van der Waals surface area contributed by atoms with Crippen molar-refractivity contribution < 1.29 is 18.3 Å². The standard InChI is InChI=1S/C10H10BrClF2N2O2/c1-15-4-8(17)16-7-3-5(12)2-6(11)9(7)18-10(13)14/h2-3,10,15H,4H2,1H3,(H,16,17). The molecule has 0 aromatic heterocycles. The molecule has 0 unspecified atom stereocenters. The highest BCUT2D eigenvalue weighted by Gasteiger charge is 2.16. The quantitative estimate of drug-likeness (QED) is 0.864. The Hall–Kier alpha value is -0.920. The first-order valence-corrected chi connectivity index (χ1v) is 5.99. The van der Waals surface area contributed by atoms with Crippen molar-refractivity contribution in [1.82, 2.24) is 5.32 Å². The molecule has 100 valence electrons. The average molecular weight is 344 g/mol. The Morgan fingerprint density at radius 1 is 1.56 bits per heavy atom. The Bertz CT molecular complexity index is 446. The molecule has 1 aromatic rings. The van der Waals surface area contributed by atoms with E-state index in [-0.39, 0.29) is 27.5 Å². The van der Waals surface area contributed by atoms with E-state index in [0.29, 0.717) is 0 Å². The highest BCUT2D eigenvalue weighted by molar-refractivity contribution is 9.10. The molecule has 0 atom stereocenters. The van der Waals surface area contributed by atoms with Gasteiger partial charge in [-0.3, -0.25) is 4.79 Å². The van der Waals surface area contributed by atoms with Crippen LogP contribution in [0.5, 0.6) is 5.75 Å². The van der Waals surface area contributed by atoms with Gasteiger partial charge in [0.25, 0.3) is 0 Å². The normalized spacial score (nSPS) is 10.6. The van der Waals surface area contributed by atoms with Gasteiger partial charge in [0.2, 0.25) is 5.91 Å². The van der Waals surface area contributed by atoms with E-state index in [0.717, 1.165) is 0 Å². The minimum atomic E-state index is -3.00. The lowest BCUT2D eigenvalue weighted by Crippen LogP contribution is -2.25. The van der Waals surface area contributed by atoms with E-state index in [4.69, 9.17) is 11.6 Å². The van der Waals surface area contributed by atoms with Crippen LogP contribution in [0.4, 0.5) is 14.5 Å². The molecule has 8 heteroatoms. The predicted octanol–water partition coefficient (Wildman–Crippen LogP) is 2.86. The average Bonchev–Trinajstić information content (AvgIpc) is 2.23. The molecule has 0 aliphatic rings. The molecular formula is C10H10BrClF2N2O2. The summed E-state index contributed by atoms with van der Waals surface area (Å²) in [5.41, 5.74) is 0.0786. The molecular weight excluding hydrogens is 333 g/mol. The zero-order valence-corrected chi connectivity index (χ0v) is 11.6. The van der Waals surface area contributed by atoms with Gasteiger partial charge in [-0.05, 0) is 35.1 Å². The van der Waals surface area contributed by atoms with E-state index in [2.05, 4.69) is 31.3 Å². The van der Waals surface area contributed by atoms with E-state index < -0.39 is 12.5 Å². The van der Waals surface area contributed by atoms with Crippen LogP contribution in [-0.2, 0) is 4.79 Å². The van der Waals surface area contributed by atoms with E-state index in [1.165, 1.54) is 12.1 Å². The third kappa shape index (κ3) is 4.40. The predicted molar refractivity (Wildman–Crippen MR) is 68.3 cm³/mol. The van der Waals surface area contributed by atoms with Gasteiger partial charge in [-0.25, -0.2) is 0 Å². The van der Waals surface area contributed by atoms with E-state index in [1.807, 2.05) is 0 Å². The molecule has 0 bridgehead atoms. The van der Waals surface area contributed by atoms with Crippen LogP contribution in [0.2, 0.25) is 5.02 Å². The number of alkyl halides is 2. The highest BCUT2D eigenvalue weighted by atomic mass is 79.9. The summed E-state index contributed by atoms with van der Waals surface area (Å²) >= 11 is 8.82. The number of amides is 1. The number of ether oxygens (including phenoxy) is 1. The fourth-order valence-electron chi connectivity index (χ4n) is 1.22. The summed E-state index contributed by atoms with van der Waals surface area (Å²) < 4.78 is 29.1. The highest BCUT2D eigenvalue weighted by Crippen LogP contribution is 2.37. The Kier molecular flexibility index (Phi) is 5.77. The zero-order valence-electron chi connectivity index (χ0n) is 9.27. The third-order valence-corrected chi connectivity index (χ3v) is 2.63. The topological polar surface area (TPSA) is 50.4 Å². The van der Waals surface area contributed by atoms with Crippen molar-refractivity contribution in [3.05, 3.63) is 21.6 Å². The summed E-state index contributed by atoms with van der Waals surface area (Å²) in [5, 5.41) is 5.34. The number of rotatable bonds is 5. The lowest BCUT2D eigenvalue weighted by atomic mass is 10.3. The number of carbonyl (C=O) groups excluding carboxylic acids is 1. The van der Waals surface area contributed by atoms with Gasteiger partial charge >= 0.3 is 6.61 Å². The number of benzene rings is 1. The zero-order chi connectivity index (χ0) is 13.7. The molecule has 1 rings (SSSR count). The first-order chi connectivity index (χ1) is 8.43. The Balaban J connectivity index is 3.03. The molecule has 0 aliphatic heterocycles. The third-order valence-electron chi connectivity index (χ3n) is 1.83. The number of hydrogen-bond acceptors (Lipinski definition) is 3. The van der Waals surface area contributed by atoms with Crippen molar-refractivity contribution in [3.63, 3.8) is 0 Å². The Labute approximate surface area is 116 Å². The number of carbonyl (C=O) groups is 1. The second-order valence-electron chi connectivity index (χ2n) is 3.22. The summed E-state index contributed by atoms with van der Waals surface area (Å²) in [6, 6.07) is 2.73. The van der Waals surface area contributed by atoms with Crippen LogP contribution in [0.3, 0.4) is 0 Å². The van der Waals surface area contributed by atoms with Gasteiger partial charge < -0.3 is 15.4 Å². The Morgan fingerprint density at radius 2 is 2.22 bits per heavy atom. The maximum Gasteiger partial charge on any atom is 0.387 e. The van der Waals surface area contributed by atoms with Crippen molar-refractivity contribution in [3.8, 4) is 5.75 Å². The number of nitrogens with one attached hydrogen (secondary N) is 2. The fraction of sp³-hybridized carbons (Fsp3) is 0.300. The molecule has 0 saturated heterocycles. The SMILES string of the molecule is CNCC(=O)Nc1cc(Cl)cc(Br)c1OC(F)F. The van der Waals surface area contributed by atoms with Crippen molar-refractivity contribution in [2.24, 2.45) is 0 Å². The maximum absolute atomic E-state index is 12.3. The van der Waals surface area contributed by atoms with E-state index >= 15 is 0 Å². The summed E-state index contributed by atoms with van der Waals surface area (Å²) in [6.45, 7) is -2.96. The first kappa shape index (κ1) is 15.1. The summed E-state index contributed by atoms with van der Waals surface area (Å²) in [6.07, 6.45) is 0. The van der Waals surface area contributed by atoms with Crippen LogP contribution in [0.25, 0.3) is 0 Å². The maximum atomic E-state index is 12.3. The summed E-state index contributed by atoms with van der Waals surface area (Å²) in [5.74, 6) is -0.565. The molecule has 1 aromatic carbocycles. The molecule has 0 heterocycles. The van der Waals surface area contributed by atoms with Crippen LogP contribution in [0.15, 0.2) is 16.6 Å². The molecule has 0 fully saturated rings. The lowest BCUT2D eigenvalue weighted by Gasteiger charge is -2.14. The molecule has 0 spiro atoms. The molecule has 4 nitrogen and oxygen atoms in total. The molecule has 0 saturated carbocycles. The van der Waals surface area contributed by atoms with Gasteiger partial charge in [0, 0.05) is 5.02 Å². The number of hydrogen-bond donors (Lipinski definition) is 2. The van der Waals surface area contributed by atoms with Crippen LogP contribution >= 0.6 is 27.5 Å². The van der Waals surface area contributed by atoms with Crippen LogP contribution < -0.4 is 15.4 Å². The molecule has 0 radical (unpaired) electrons. The molecule has 18 heavy (non-hydrogen) atoms. The minimum absolute atomic E-state index is 0.0399. The van der Waals surface area contributed by atoms with Crippen molar-refractivity contribution >= 4 is 39.1 Å². The van der Waals surface area contributed by atoms with Gasteiger partial charge in [0.1, 0.15) is 0 Å². The first-order valence-electron chi connectivity index (χ1n) is 4.82. The monoisotopic (exact) mass is 342 g/mol. The van der Waals surface area contributed by atoms with Gasteiger partial charge in [0.05, 0.1) is 16.7 Å². The molecule has 0 aliphatic carbocycles. The number of likely N-dealkylation sites (N-methyl/N-ethyl adjacent to an activating group) is 1. The van der Waals surface area contributed by atoms with Gasteiger partial charge in [0.15, 0.2) is 5.75 Å². The smallest absolute Gasteiger partial charge is 0.387 e.